The summed E-state index contributed by atoms with van der Waals surface area (Å²) >= 11 is 3.16. The first kappa shape index (κ1) is 13.4. The van der Waals surface area contributed by atoms with Gasteiger partial charge in [0, 0.05) is 20.1 Å². The molecule has 92 valence electrons. The lowest BCUT2D eigenvalue weighted by atomic mass is 10.3. The van der Waals surface area contributed by atoms with Crippen LogP contribution in [0.3, 0.4) is 0 Å². The molecule has 0 fully saturated rings. The van der Waals surface area contributed by atoms with E-state index in [4.69, 9.17) is 5.11 Å². The van der Waals surface area contributed by atoms with E-state index in [1.807, 2.05) is 0 Å². The molecule has 0 aromatic carbocycles. The maximum absolute atomic E-state index is 11.6. The lowest BCUT2D eigenvalue weighted by Gasteiger charge is -2.12. The zero-order chi connectivity index (χ0) is 12.8. The highest BCUT2D eigenvalue weighted by molar-refractivity contribution is 9.10. The number of carbonyl (C=O) groups excluding carboxylic acids is 1. The quantitative estimate of drug-likeness (QED) is 0.818. The molecule has 17 heavy (non-hydrogen) atoms. The minimum absolute atomic E-state index is 0.231. The van der Waals surface area contributed by atoms with E-state index in [9.17, 15) is 9.59 Å². The number of hydrogen-bond acceptors (Lipinski definition) is 3. The van der Waals surface area contributed by atoms with Crippen molar-refractivity contribution in [1.82, 2.24) is 15.2 Å². The van der Waals surface area contributed by atoms with Gasteiger partial charge in [-0.15, -0.1) is 0 Å². The van der Waals surface area contributed by atoms with Gasteiger partial charge in [0.2, 0.25) is 0 Å². The number of likely N-dealkylation sites (N-methyl/N-ethyl adjacent to an activating group) is 1. The number of carbonyl (C=O) groups is 2. The lowest BCUT2D eigenvalue weighted by Crippen LogP contribution is -2.35. The molecule has 0 saturated carbocycles. The van der Waals surface area contributed by atoms with Crippen molar-refractivity contribution in [2.24, 2.45) is 0 Å². The number of hydrogen-bond donors (Lipinski definition) is 2. The van der Waals surface area contributed by atoms with E-state index in [1.165, 1.54) is 7.05 Å². The summed E-state index contributed by atoms with van der Waals surface area (Å²) in [6.45, 7) is 0.477. The summed E-state index contributed by atoms with van der Waals surface area (Å²) in [5, 5.41) is 11.2. The summed E-state index contributed by atoms with van der Waals surface area (Å²) in [5.41, 5.74) is 0.289. The highest BCUT2D eigenvalue weighted by Crippen LogP contribution is 2.05. The molecule has 1 aromatic heterocycles. The fraction of sp³-hybridized carbons (Fsp3) is 0.300. The Balaban J connectivity index is 2.43. The maximum atomic E-state index is 11.6. The molecule has 6 nitrogen and oxygen atoms in total. The molecule has 1 aromatic rings. The highest BCUT2D eigenvalue weighted by Gasteiger charge is 2.08. The van der Waals surface area contributed by atoms with Crippen LogP contribution in [0.15, 0.2) is 22.8 Å². The maximum Gasteiger partial charge on any atom is 0.407 e. The van der Waals surface area contributed by atoms with Crippen LogP contribution >= 0.6 is 15.9 Å². The first-order valence-electron chi connectivity index (χ1n) is 4.85. The molecule has 2 amide bonds. The fourth-order valence-corrected chi connectivity index (χ4v) is 1.40. The average molecular weight is 302 g/mol. The van der Waals surface area contributed by atoms with E-state index in [0.717, 1.165) is 4.90 Å². The molecule has 0 aliphatic heterocycles. The number of aromatic nitrogens is 1. The van der Waals surface area contributed by atoms with E-state index in [2.05, 4.69) is 26.2 Å². The van der Waals surface area contributed by atoms with E-state index >= 15 is 0 Å². The molecule has 0 bridgehead atoms. The first-order chi connectivity index (χ1) is 8.00. The normalized spacial score (nSPS) is 9.76. The summed E-state index contributed by atoms with van der Waals surface area (Å²) in [6, 6.07) is 5.01. The van der Waals surface area contributed by atoms with Crippen LogP contribution in [0, 0.1) is 0 Å². The summed E-state index contributed by atoms with van der Waals surface area (Å²) in [5.74, 6) is -0.329. The molecule has 1 rings (SSSR count). The van der Waals surface area contributed by atoms with Crippen LogP contribution in [0.5, 0.6) is 0 Å². The van der Waals surface area contributed by atoms with Crippen molar-refractivity contribution in [3.8, 4) is 0 Å². The molecule has 0 unspecified atom stereocenters. The van der Waals surface area contributed by atoms with Crippen LogP contribution in [0.1, 0.15) is 10.5 Å². The van der Waals surface area contributed by atoms with Gasteiger partial charge in [0.1, 0.15) is 10.3 Å². The van der Waals surface area contributed by atoms with Crippen molar-refractivity contribution in [2.45, 2.75) is 0 Å². The Bertz CT molecular complexity index is 425. The monoisotopic (exact) mass is 301 g/mol. The minimum Gasteiger partial charge on any atom is -0.465 e. The van der Waals surface area contributed by atoms with Crippen LogP contribution in [-0.2, 0) is 0 Å². The van der Waals surface area contributed by atoms with Crippen molar-refractivity contribution < 1.29 is 14.7 Å². The Morgan fingerprint density at radius 2 is 2.24 bits per heavy atom. The SMILES string of the molecule is CN(CCNC(=O)c1cccc(Br)n1)C(=O)O. The minimum atomic E-state index is -1.03. The van der Waals surface area contributed by atoms with E-state index in [0.29, 0.717) is 4.60 Å². The third-order valence-electron chi connectivity index (χ3n) is 2.01. The van der Waals surface area contributed by atoms with Crippen LogP contribution in [0.25, 0.3) is 0 Å². The highest BCUT2D eigenvalue weighted by atomic mass is 79.9. The van der Waals surface area contributed by atoms with Gasteiger partial charge < -0.3 is 15.3 Å². The van der Waals surface area contributed by atoms with Gasteiger partial charge in [-0.25, -0.2) is 9.78 Å². The molecule has 0 spiro atoms. The number of pyridine rings is 1. The van der Waals surface area contributed by atoms with Gasteiger partial charge in [0.05, 0.1) is 0 Å². The third-order valence-corrected chi connectivity index (χ3v) is 2.45. The zero-order valence-electron chi connectivity index (χ0n) is 9.18. The Kier molecular flexibility index (Phi) is 4.89. The molecule has 0 aliphatic rings. The summed E-state index contributed by atoms with van der Waals surface area (Å²) in [7, 11) is 1.44. The van der Waals surface area contributed by atoms with Gasteiger partial charge in [-0.3, -0.25) is 4.79 Å². The molecular weight excluding hydrogens is 290 g/mol. The Hall–Kier alpha value is -1.63. The molecule has 2 N–H and O–H groups in total. The van der Waals surface area contributed by atoms with Gasteiger partial charge >= 0.3 is 6.09 Å². The molecule has 1 heterocycles. The van der Waals surface area contributed by atoms with Crippen molar-refractivity contribution >= 4 is 27.9 Å². The smallest absolute Gasteiger partial charge is 0.407 e. The van der Waals surface area contributed by atoms with Crippen molar-refractivity contribution in [3.05, 3.63) is 28.5 Å². The van der Waals surface area contributed by atoms with Crippen molar-refractivity contribution in [1.29, 1.82) is 0 Å². The molecule has 7 heteroatoms. The summed E-state index contributed by atoms with van der Waals surface area (Å²) < 4.78 is 0.577. The summed E-state index contributed by atoms with van der Waals surface area (Å²) in [4.78, 5) is 27.1. The third kappa shape index (κ3) is 4.39. The number of rotatable bonds is 4. The largest absolute Gasteiger partial charge is 0.465 e. The van der Waals surface area contributed by atoms with Gasteiger partial charge in [-0.2, -0.15) is 0 Å². The van der Waals surface area contributed by atoms with Crippen LogP contribution in [0.2, 0.25) is 0 Å². The van der Waals surface area contributed by atoms with Gasteiger partial charge in [-0.05, 0) is 28.1 Å². The van der Waals surface area contributed by atoms with Gasteiger partial charge in [0.25, 0.3) is 5.91 Å². The van der Waals surface area contributed by atoms with Crippen molar-refractivity contribution in [2.75, 3.05) is 20.1 Å². The number of amides is 2. The standard InChI is InChI=1S/C10H12BrN3O3/c1-14(10(16)17)6-5-12-9(15)7-3-2-4-8(11)13-7/h2-4H,5-6H2,1H3,(H,12,15)(H,16,17). The molecule has 0 aliphatic carbocycles. The van der Waals surface area contributed by atoms with Crippen LogP contribution < -0.4 is 5.32 Å². The number of nitrogens with zero attached hydrogens (tertiary/aromatic N) is 2. The number of nitrogens with one attached hydrogen (secondary N) is 1. The van der Waals surface area contributed by atoms with E-state index in [1.54, 1.807) is 18.2 Å². The molecular formula is C10H12BrN3O3. The lowest BCUT2D eigenvalue weighted by molar-refractivity contribution is 0.0942. The van der Waals surface area contributed by atoms with E-state index < -0.39 is 6.09 Å². The summed E-state index contributed by atoms with van der Waals surface area (Å²) in [6.07, 6.45) is -1.03. The average Bonchev–Trinajstić information content (AvgIpc) is 2.28. The second kappa shape index (κ2) is 6.19. The first-order valence-corrected chi connectivity index (χ1v) is 5.65. The Labute approximate surface area is 107 Å². The van der Waals surface area contributed by atoms with Crippen LogP contribution in [-0.4, -0.2) is 47.1 Å². The van der Waals surface area contributed by atoms with Gasteiger partial charge in [0.15, 0.2) is 0 Å². The Morgan fingerprint density at radius 1 is 1.53 bits per heavy atom. The predicted octanol–water partition coefficient (Wildman–Crippen LogP) is 1.18. The Morgan fingerprint density at radius 3 is 2.82 bits per heavy atom. The number of halogens is 1. The number of carboxylic acid groups (broad SMARTS) is 1. The predicted molar refractivity (Wildman–Crippen MR) is 64.9 cm³/mol. The second-order valence-electron chi connectivity index (χ2n) is 3.31. The topological polar surface area (TPSA) is 82.5 Å². The molecule has 0 saturated heterocycles. The second-order valence-corrected chi connectivity index (χ2v) is 4.12. The van der Waals surface area contributed by atoms with Gasteiger partial charge in [-0.1, -0.05) is 6.07 Å². The molecule has 0 radical (unpaired) electrons. The van der Waals surface area contributed by atoms with Crippen molar-refractivity contribution in [3.63, 3.8) is 0 Å². The van der Waals surface area contributed by atoms with Crippen LogP contribution in [0.4, 0.5) is 4.79 Å². The fourth-order valence-electron chi connectivity index (χ4n) is 1.06. The zero-order valence-corrected chi connectivity index (χ0v) is 10.8. The molecule has 0 atom stereocenters. The van der Waals surface area contributed by atoms with E-state index in [-0.39, 0.29) is 24.7 Å².